The molecule has 0 saturated carbocycles. The average Bonchev–Trinajstić information content (AvgIpc) is 2.38. The van der Waals surface area contributed by atoms with Crippen molar-refractivity contribution in [1.82, 2.24) is 0 Å². The highest BCUT2D eigenvalue weighted by Gasteiger charge is 2.35. The number of esters is 1. The van der Waals surface area contributed by atoms with Gasteiger partial charge in [-0.15, -0.1) is 13.2 Å². The number of hydrogen-bond donors (Lipinski definition) is 0. The van der Waals surface area contributed by atoms with E-state index in [1.54, 1.807) is 6.92 Å². The summed E-state index contributed by atoms with van der Waals surface area (Å²) in [6, 6.07) is 1.94. The zero-order valence-corrected chi connectivity index (χ0v) is 12.7. The molecule has 1 atom stereocenters. The van der Waals surface area contributed by atoms with Crippen molar-refractivity contribution in [1.29, 1.82) is 0 Å². The Balaban J connectivity index is 2.40. The molecule has 0 radical (unpaired) electrons. The van der Waals surface area contributed by atoms with Crippen molar-refractivity contribution in [2.24, 2.45) is 10.9 Å². The Morgan fingerprint density at radius 2 is 2.09 bits per heavy atom. The first-order chi connectivity index (χ1) is 10.2. The molecule has 0 aliphatic carbocycles. The van der Waals surface area contributed by atoms with Gasteiger partial charge in [0.25, 0.3) is 0 Å². The monoisotopic (exact) mass is 379 g/mol. The van der Waals surface area contributed by atoms with Crippen LogP contribution in [0.25, 0.3) is 0 Å². The van der Waals surface area contributed by atoms with Gasteiger partial charge in [0.2, 0.25) is 0 Å². The lowest BCUT2D eigenvalue weighted by Gasteiger charge is -2.18. The fourth-order valence-corrected chi connectivity index (χ4v) is 2.41. The molecule has 0 saturated heterocycles. The van der Waals surface area contributed by atoms with E-state index in [2.05, 4.69) is 25.7 Å². The van der Waals surface area contributed by atoms with Gasteiger partial charge in [-0.2, -0.15) is 0 Å². The lowest BCUT2D eigenvalue weighted by atomic mass is 9.94. The summed E-state index contributed by atoms with van der Waals surface area (Å²) in [6.45, 7) is 1.65. The number of carbonyl (C=O) groups excluding carboxylic acids is 2. The Labute approximate surface area is 131 Å². The molecule has 118 valence electrons. The molecule has 0 bridgehead atoms. The maximum absolute atomic E-state index is 12.3. The molecule has 0 N–H and O–H groups in total. The predicted molar refractivity (Wildman–Crippen MR) is 73.4 cm³/mol. The van der Waals surface area contributed by atoms with Crippen molar-refractivity contribution in [3.63, 3.8) is 0 Å². The topological polar surface area (TPSA) is 65.0 Å². The number of ether oxygens (including phenoxy) is 2. The van der Waals surface area contributed by atoms with E-state index in [9.17, 15) is 22.8 Å². The molecule has 0 fully saturated rings. The lowest BCUT2D eigenvalue weighted by Crippen LogP contribution is -2.29. The molecule has 1 aromatic rings. The first-order valence-corrected chi connectivity index (χ1v) is 6.86. The number of alkyl halides is 3. The van der Waals surface area contributed by atoms with E-state index < -0.39 is 29.8 Å². The number of benzene rings is 1. The minimum Gasteiger partial charge on any atom is -0.465 e. The fraction of sp³-hybridized carbons (Fsp3) is 0.308. The normalized spacial score (nSPS) is 17.1. The first kappa shape index (κ1) is 16.5. The highest BCUT2D eigenvalue weighted by atomic mass is 79.9. The Hall–Kier alpha value is -1.90. The molecule has 1 aromatic carbocycles. The second-order valence-corrected chi connectivity index (χ2v) is 5.08. The zero-order valence-electron chi connectivity index (χ0n) is 11.1. The number of aliphatic imine (C=N–C) groups is 1. The van der Waals surface area contributed by atoms with Crippen molar-refractivity contribution < 1.29 is 32.2 Å². The molecule has 1 aliphatic heterocycles. The summed E-state index contributed by atoms with van der Waals surface area (Å²) < 4.78 is 45.5. The molecule has 0 spiro atoms. The van der Waals surface area contributed by atoms with Crippen LogP contribution >= 0.6 is 15.9 Å². The van der Waals surface area contributed by atoms with Crippen LogP contribution in [-0.2, 0) is 9.53 Å². The minimum atomic E-state index is -4.89. The maximum Gasteiger partial charge on any atom is 0.573 e. The van der Waals surface area contributed by atoms with Gasteiger partial charge in [-0.3, -0.25) is 14.6 Å². The van der Waals surface area contributed by atoms with Crippen LogP contribution in [0.15, 0.2) is 21.6 Å². The molecular weight excluding hydrogens is 371 g/mol. The Morgan fingerprint density at radius 3 is 2.68 bits per heavy atom. The van der Waals surface area contributed by atoms with E-state index >= 15 is 0 Å². The van der Waals surface area contributed by atoms with Gasteiger partial charge in [-0.05, 0) is 35.0 Å². The van der Waals surface area contributed by atoms with Gasteiger partial charge < -0.3 is 9.47 Å². The van der Waals surface area contributed by atoms with Crippen molar-refractivity contribution in [3.05, 3.63) is 22.2 Å². The molecule has 1 heterocycles. The number of carbonyl (C=O) groups is 2. The number of rotatable bonds is 3. The van der Waals surface area contributed by atoms with Gasteiger partial charge in [0.1, 0.15) is 5.75 Å². The summed E-state index contributed by atoms with van der Waals surface area (Å²) in [4.78, 5) is 27.8. The average molecular weight is 380 g/mol. The third-order valence-corrected chi connectivity index (χ3v) is 3.32. The molecule has 1 unspecified atom stereocenters. The van der Waals surface area contributed by atoms with Crippen LogP contribution in [0, 0.1) is 5.92 Å². The van der Waals surface area contributed by atoms with E-state index in [0.29, 0.717) is 0 Å². The largest absolute Gasteiger partial charge is 0.573 e. The van der Waals surface area contributed by atoms with Gasteiger partial charge in [-0.25, -0.2) is 0 Å². The van der Waals surface area contributed by atoms with Gasteiger partial charge in [0.05, 0.1) is 12.3 Å². The number of halogens is 4. The lowest BCUT2D eigenvalue weighted by molar-refractivity contribution is -0.274. The van der Waals surface area contributed by atoms with E-state index in [1.807, 2.05) is 0 Å². The molecule has 0 amide bonds. The molecule has 5 nitrogen and oxygen atoms in total. The summed E-state index contributed by atoms with van der Waals surface area (Å²) in [5, 5.41) is 0. The Bertz CT molecular complexity index is 657. The number of hydrogen-bond acceptors (Lipinski definition) is 5. The third-order valence-electron chi connectivity index (χ3n) is 2.71. The van der Waals surface area contributed by atoms with Crippen molar-refractivity contribution in [2.45, 2.75) is 13.3 Å². The Morgan fingerprint density at radius 1 is 1.41 bits per heavy atom. The van der Waals surface area contributed by atoms with Crippen LogP contribution in [0.3, 0.4) is 0 Å². The quantitative estimate of drug-likeness (QED) is 0.596. The van der Waals surface area contributed by atoms with E-state index in [4.69, 9.17) is 4.74 Å². The van der Waals surface area contributed by atoms with Crippen molar-refractivity contribution in [2.75, 3.05) is 6.61 Å². The second kappa shape index (κ2) is 6.07. The summed E-state index contributed by atoms with van der Waals surface area (Å²) in [5.41, 5.74) is -0.00532. The van der Waals surface area contributed by atoms with Gasteiger partial charge >= 0.3 is 12.3 Å². The highest BCUT2D eigenvalue weighted by molar-refractivity contribution is 9.10. The molecule has 2 rings (SSSR count). The number of fused-ring (bicyclic) bond motifs is 1. The van der Waals surface area contributed by atoms with E-state index in [0.717, 1.165) is 18.3 Å². The van der Waals surface area contributed by atoms with Crippen LogP contribution in [0.4, 0.5) is 18.9 Å². The maximum atomic E-state index is 12.3. The van der Waals surface area contributed by atoms with Crippen LogP contribution in [0.1, 0.15) is 17.3 Å². The molecule has 9 heteroatoms. The van der Waals surface area contributed by atoms with Crippen LogP contribution in [0.5, 0.6) is 5.75 Å². The van der Waals surface area contributed by atoms with Gasteiger partial charge in [-0.1, -0.05) is 0 Å². The highest BCUT2D eigenvalue weighted by Crippen LogP contribution is 2.38. The molecule has 22 heavy (non-hydrogen) atoms. The summed E-state index contributed by atoms with van der Waals surface area (Å²) in [7, 11) is 0. The smallest absolute Gasteiger partial charge is 0.465 e. The fourth-order valence-electron chi connectivity index (χ4n) is 1.87. The number of nitrogens with zero attached hydrogens (tertiary/aromatic N) is 1. The summed E-state index contributed by atoms with van der Waals surface area (Å²) in [5.74, 6) is -3.36. The molecule has 1 aliphatic rings. The van der Waals surface area contributed by atoms with Gasteiger partial charge in [0, 0.05) is 16.3 Å². The molecular formula is C13H9BrF3NO4. The second-order valence-electron chi connectivity index (χ2n) is 4.22. The van der Waals surface area contributed by atoms with Crippen LogP contribution in [0.2, 0.25) is 0 Å². The van der Waals surface area contributed by atoms with Crippen LogP contribution < -0.4 is 4.74 Å². The third kappa shape index (κ3) is 3.46. The Kier molecular flexibility index (Phi) is 4.55. The molecule has 0 aromatic heterocycles. The van der Waals surface area contributed by atoms with Crippen LogP contribution in [-0.4, -0.2) is 30.9 Å². The minimum absolute atomic E-state index is 0.0736. The summed E-state index contributed by atoms with van der Waals surface area (Å²) >= 11 is 3.03. The van der Waals surface area contributed by atoms with Crippen molar-refractivity contribution >= 4 is 39.6 Å². The zero-order chi connectivity index (χ0) is 16.5. The predicted octanol–water partition coefficient (Wildman–Crippen LogP) is 3.43. The first-order valence-electron chi connectivity index (χ1n) is 6.07. The van der Waals surface area contributed by atoms with Crippen molar-refractivity contribution in [3.8, 4) is 5.75 Å². The number of ketones is 1. The standard InChI is InChI=1S/C13H9BrF3NO4/c1-2-21-12(20)8-5-18-10-7(11(8)19)3-6(4-9(10)14)22-13(15,16)17/h3-5,8H,2H2,1H3. The van der Waals surface area contributed by atoms with E-state index in [-0.39, 0.29) is 22.3 Å². The summed E-state index contributed by atoms with van der Waals surface area (Å²) in [6.07, 6.45) is -3.78. The number of Topliss-reactive ketones (excluding diaryl/α,β-unsaturated/α-hetero) is 1. The van der Waals surface area contributed by atoms with E-state index in [1.165, 1.54) is 0 Å². The SMILES string of the molecule is CCOC(=O)C1C=Nc2c(Br)cc(OC(F)(F)F)cc2C1=O. The van der Waals surface area contributed by atoms with Gasteiger partial charge in [0.15, 0.2) is 11.7 Å².